The molecule has 2 aromatic rings. The van der Waals surface area contributed by atoms with E-state index in [1.165, 1.54) is 24.5 Å². The molecule has 1 aromatic carbocycles. The van der Waals surface area contributed by atoms with Crippen molar-refractivity contribution in [2.24, 2.45) is 0 Å². The van der Waals surface area contributed by atoms with Crippen molar-refractivity contribution in [1.29, 1.82) is 0 Å². The summed E-state index contributed by atoms with van der Waals surface area (Å²) in [6.45, 7) is 0. The molecule has 4 nitrogen and oxygen atoms in total. The first-order chi connectivity index (χ1) is 6.68. The van der Waals surface area contributed by atoms with Crippen LogP contribution in [-0.2, 0) is 0 Å². The number of hydrogen-bond donors (Lipinski definition) is 2. The molecule has 0 radical (unpaired) electrons. The van der Waals surface area contributed by atoms with Crippen LogP contribution in [-0.4, -0.2) is 21.2 Å². The molecule has 0 bridgehead atoms. The van der Waals surface area contributed by atoms with Crippen LogP contribution in [0.4, 0.5) is 0 Å². The van der Waals surface area contributed by atoms with Gasteiger partial charge in [-0.15, -0.1) is 0 Å². The number of nitrogens with zero attached hydrogens (tertiary/aromatic N) is 1. The Balaban J connectivity index is 2.73. The van der Waals surface area contributed by atoms with Crippen LogP contribution in [0.3, 0.4) is 0 Å². The molecule has 2 N–H and O–H groups in total. The Kier molecular flexibility index (Phi) is 1.81. The van der Waals surface area contributed by atoms with E-state index in [-0.39, 0.29) is 11.3 Å². The number of carboxylic acid groups (broad SMARTS) is 1. The second-order valence-corrected chi connectivity index (χ2v) is 2.90. The van der Waals surface area contributed by atoms with Gasteiger partial charge in [0.1, 0.15) is 5.75 Å². The molecular weight excluding hydrogens is 182 g/mol. The number of carboxylic acids is 1. The number of benzene rings is 1. The van der Waals surface area contributed by atoms with Crippen molar-refractivity contribution in [1.82, 2.24) is 4.98 Å². The van der Waals surface area contributed by atoms with Gasteiger partial charge in [0.15, 0.2) is 0 Å². The van der Waals surface area contributed by atoms with Crippen molar-refractivity contribution in [2.45, 2.75) is 0 Å². The highest BCUT2D eigenvalue weighted by molar-refractivity contribution is 5.95. The fourth-order valence-electron chi connectivity index (χ4n) is 1.29. The number of pyridine rings is 1. The number of aromatic carboxylic acids is 1. The van der Waals surface area contributed by atoms with Gasteiger partial charge in [0.25, 0.3) is 0 Å². The molecule has 2 rings (SSSR count). The van der Waals surface area contributed by atoms with Crippen LogP contribution in [0.5, 0.6) is 5.75 Å². The second-order valence-electron chi connectivity index (χ2n) is 2.90. The van der Waals surface area contributed by atoms with Gasteiger partial charge < -0.3 is 10.2 Å². The SMILES string of the molecule is O=C(O)c1ccc2c(O)cncc2c1. The number of carbonyl (C=O) groups is 1. The molecule has 14 heavy (non-hydrogen) atoms. The van der Waals surface area contributed by atoms with Crippen molar-refractivity contribution in [3.05, 3.63) is 36.2 Å². The first-order valence-corrected chi connectivity index (χ1v) is 3.98. The number of rotatable bonds is 1. The van der Waals surface area contributed by atoms with Gasteiger partial charge in [-0.2, -0.15) is 0 Å². The predicted molar refractivity (Wildman–Crippen MR) is 50.4 cm³/mol. The molecular formula is C10H7NO3. The zero-order valence-corrected chi connectivity index (χ0v) is 7.14. The van der Waals surface area contributed by atoms with E-state index in [9.17, 15) is 9.90 Å². The molecule has 0 atom stereocenters. The molecule has 0 aliphatic heterocycles. The largest absolute Gasteiger partial charge is 0.506 e. The Hall–Kier alpha value is -2.10. The highest BCUT2D eigenvalue weighted by Gasteiger charge is 2.05. The molecule has 0 saturated carbocycles. The second kappa shape index (κ2) is 2.99. The molecule has 4 heteroatoms. The van der Waals surface area contributed by atoms with E-state index in [0.717, 1.165) is 0 Å². The van der Waals surface area contributed by atoms with Crippen molar-refractivity contribution in [3.8, 4) is 5.75 Å². The van der Waals surface area contributed by atoms with Crippen LogP contribution in [0, 0.1) is 0 Å². The average molecular weight is 189 g/mol. The van der Waals surface area contributed by atoms with Gasteiger partial charge in [-0.1, -0.05) is 0 Å². The van der Waals surface area contributed by atoms with Crippen molar-refractivity contribution >= 4 is 16.7 Å². The minimum absolute atomic E-state index is 0.0550. The fraction of sp³-hybridized carbons (Fsp3) is 0. The summed E-state index contributed by atoms with van der Waals surface area (Å²) in [4.78, 5) is 14.4. The number of fused-ring (bicyclic) bond motifs is 1. The molecule has 0 amide bonds. The molecule has 0 aliphatic rings. The van der Waals surface area contributed by atoms with Gasteiger partial charge in [0.05, 0.1) is 11.8 Å². The van der Waals surface area contributed by atoms with Gasteiger partial charge >= 0.3 is 5.97 Å². The molecule has 0 aliphatic carbocycles. The molecule has 1 aromatic heterocycles. The van der Waals surface area contributed by atoms with E-state index >= 15 is 0 Å². The van der Waals surface area contributed by atoms with Gasteiger partial charge in [0.2, 0.25) is 0 Å². The van der Waals surface area contributed by atoms with E-state index in [1.54, 1.807) is 6.07 Å². The average Bonchev–Trinajstić information content (AvgIpc) is 2.17. The van der Waals surface area contributed by atoms with Crippen molar-refractivity contribution in [2.75, 3.05) is 0 Å². The standard InChI is InChI=1S/C10H7NO3/c12-9-5-11-4-7-3-6(10(13)14)1-2-8(7)9/h1-5,12H,(H,13,14). The Morgan fingerprint density at radius 1 is 1.29 bits per heavy atom. The van der Waals surface area contributed by atoms with Gasteiger partial charge in [0, 0.05) is 17.0 Å². The van der Waals surface area contributed by atoms with Gasteiger partial charge in [-0.3, -0.25) is 4.98 Å². The fourth-order valence-corrected chi connectivity index (χ4v) is 1.29. The highest BCUT2D eigenvalue weighted by atomic mass is 16.4. The first kappa shape index (κ1) is 8.50. The minimum atomic E-state index is -0.991. The van der Waals surface area contributed by atoms with E-state index in [2.05, 4.69) is 4.98 Å². The zero-order valence-electron chi connectivity index (χ0n) is 7.14. The number of hydrogen-bond acceptors (Lipinski definition) is 3. The quantitative estimate of drug-likeness (QED) is 0.715. The lowest BCUT2D eigenvalue weighted by atomic mass is 10.1. The lowest BCUT2D eigenvalue weighted by Gasteiger charge is -2.00. The molecule has 0 unspecified atom stereocenters. The molecule has 0 fully saturated rings. The Morgan fingerprint density at radius 2 is 2.07 bits per heavy atom. The molecule has 0 spiro atoms. The van der Waals surface area contributed by atoms with E-state index in [1.807, 2.05) is 0 Å². The van der Waals surface area contributed by atoms with E-state index in [4.69, 9.17) is 5.11 Å². The minimum Gasteiger partial charge on any atom is -0.506 e. The maximum atomic E-state index is 10.6. The zero-order chi connectivity index (χ0) is 10.1. The summed E-state index contributed by atoms with van der Waals surface area (Å²) in [6, 6.07) is 4.49. The predicted octanol–water partition coefficient (Wildman–Crippen LogP) is 1.64. The maximum absolute atomic E-state index is 10.6. The summed E-state index contributed by atoms with van der Waals surface area (Å²) in [7, 11) is 0. The third-order valence-electron chi connectivity index (χ3n) is 1.98. The number of aromatic nitrogens is 1. The van der Waals surface area contributed by atoms with Gasteiger partial charge in [-0.05, 0) is 18.2 Å². The summed E-state index contributed by atoms with van der Waals surface area (Å²) in [6.07, 6.45) is 2.84. The van der Waals surface area contributed by atoms with Crippen LogP contribution < -0.4 is 0 Å². The summed E-state index contributed by atoms with van der Waals surface area (Å²) in [5.74, 6) is -0.935. The van der Waals surface area contributed by atoms with Crippen LogP contribution in [0.1, 0.15) is 10.4 Å². The Morgan fingerprint density at radius 3 is 2.79 bits per heavy atom. The molecule has 70 valence electrons. The number of aromatic hydroxyl groups is 1. The summed E-state index contributed by atoms with van der Waals surface area (Å²) < 4.78 is 0. The van der Waals surface area contributed by atoms with E-state index in [0.29, 0.717) is 10.8 Å². The Bertz CT molecular complexity index is 508. The van der Waals surface area contributed by atoms with Crippen molar-refractivity contribution in [3.63, 3.8) is 0 Å². The van der Waals surface area contributed by atoms with Crippen LogP contribution in [0.2, 0.25) is 0 Å². The third-order valence-corrected chi connectivity index (χ3v) is 1.98. The van der Waals surface area contributed by atoms with Crippen LogP contribution in [0.25, 0.3) is 10.8 Å². The summed E-state index contributed by atoms with van der Waals surface area (Å²) >= 11 is 0. The maximum Gasteiger partial charge on any atom is 0.335 e. The highest BCUT2D eigenvalue weighted by Crippen LogP contribution is 2.23. The summed E-state index contributed by atoms with van der Waals surface area (Å²) in [5.41, 5.74) is 0.185. The third kappa shape index (κ3) is 1.26. The lowest BCUT2D eigenvalue weighted by molar-refractivity contribution is 0.0697. The molecule has 1 heterocycles. The monoisotopic (exact) mass is 189 g/mol. The smallest absolute Gasteiger partial charge is 0.335 e. The van der Waals surface area contributed by atoms with Crippen LogP contribution >= 0.6 is 0 Å². The lowest BCUT2D eigenvalue weighted by Crippen LogP contribution is -1.95. The topological polar surface area (TPSA) is 70.4 Å². The van der Waals surface area contributed by atoms with Crippen LogP contribution in [0.15, 0.2) is 30.6 Å². The first-order valence-electron chi connectivity index (χ1n) is 3.98. The normalized spacial score (nSPS) is 10.3. The van der Waals surface area contributed by atoms with Crippen molar-refractivity contribution < 1.29 is 15.0 Å². The summed E-state index contributed by atoms with van der Waals surface area (Å²) in [5, 5.41) is 19.3. The molecule has 0 saturated heterocycles. The van der Waals surface area contributed by atoms with E-state index < -0.39 is 5.97 Å². The van der Waals surface area contributed by atoms with Gasteiger partial charge in [-0.25, -0.2) is 4.79 Å². The Labute approximate surface area is 79.4 Å².